The van der Waals surface area contributed by atoms with E-state index in [1.54, 1.807) is 36.4 Å². The molecule has 0 bridgehead atoms. The lowest BCUT2D eigenvalue weighted by Gasteiger charge is -2.14. The summed E-state index contributed by atoms with van der Waals surface area (Å²) in [6, 6.07) is 14.1. The van der Waals surface area contributed by atoms with Crippen LogP contribution in [0.25, 0.3) is 10.9 Å². The van der Waals surface area contributed by atoms with Gasteiger partial charge in [-0.15, -0.1) is 0 Å². The second kappa shape index (κ2) is 6.42. The summed E-state index contributed by atoms with van der Waals surface area (Å²) in [5.74, 6) is -0.403. The number of aromatic amines is 1. The lowest BCUT2D eigenvalue weighted by atomic mass is 10.1. The van der Waals surface area contributed by atoms with E-state index in [1.807, 2.05) is 6.07 Å². The van der Waals surface area contributed by atoms with Gasteiger partial charge in [-0.1, -0.05) is 24.3 Å². The number of nitrogens with zero attached hydrogens (tertiary/aromatic N) is 1. The fourth-order valence-corrected chi connectivity index (χ4v) is 2.53. The molecule has 3 rings (SSSR count). The summed E-state index contributed by atoms with van der Waals surface area (Å²) in [5.41, 5.74) is 1.26. The molecule has 1 aromatic heterocycles. The molecule has 3 aromatic rings. The lowest BCUT2D eigenvalue weighted by molar-refractivity contribution is 0.0940. The number of hydrogen-bond acceptors (Lipinski definition) is 3. The van der Waals surface area contributed by atoms with Crippen molar-refractivity contribution in [2.45, 2.75) is 6.04 Å². The quantitative estimate of drug-likeness (QED) is 0.773. The van der Waals surface area contributed by atoms with Gasteiger partial charge >= 0.3 is 0 Å². The average molecular weight is 323 g/mol. The van der Waals surface area contributed by atoms with Crippen LogP contribution in [0.3, 0.4) is 0 Å². The summed E-state index contributed by atoms with van der Waals surface area (Å²) >= 11 is 0. The van der Waals surface area contributed by atoms with Crippen molar-refractivity contribution in [3.05, 3.63) is 65.6 Å². The number of ether oxygens (including phenoxy) is 1. The third kappa shape index (κ3) is 2.79. The monoisotopic (exact) mass is 323 g/mol. The van der Waals surface area contributed by atoms with Gasteiger partial charge in [0.25, 0.3) is 5.91 Å². The van der Waals surface area contributed by atoms with Gasteiger partial charge in [-0.2, -0.15) is 5.26 Å². The molecule has 6 heteroatoms. The number of fused-ring (bicyclic) bond motifs is 1. The number of H-pyrrole nitrogens is 1. The Bertz CT molecular complexity index is 943. The highest BCUT2D eigenvalue weighted by Crippen LogP contribution is 2.25. The number of hydrogen-bond donors (Lipinski definition) is 2. The number of benzene rings is 2. The van der Waals surface area contributed by atoms with Gasteiger partial charge in [0, 0.05) is 16.5 Å². The zero-order valence-electron chi connectivity index (χ0n) is 12.8. The van der Waals surface area contributed by atoms with Crippen LogP contribution < -0.4 is 10.1 Å². The SMILES string of the molecule is COc1ccccc1[C@H](C#N)NC(=O)c1cc2c(F)cccc2[nH]1. The Balaban J connectivity index is 1.89. The number of halogens is 1. The van der Waals surface area contributed by atoms with Gasteiger partial charge in [-0.25, -0.2) is 4.39 Å². The van der Waals surface area contributed by atoms with Crippen LogP contribution >= 0.6 is 0 Å². The number of nitrogens with one attached hydrogen (secondary N) is 2. The second-order valence-corrected chi connectivity index (χ2v) is 5.16. The lowest BCUT2D eigenvalue weighted by Crippen LogP contribution is -2.28. The molecule has 120 valence electrons. The highest BCUT2D eigenvalue weighted by atomic mass is 19.1. The number of carbonyl (C=O) groups excluding carboxylic acids is 1. The number of amides is 1. The summed E-state index contributed by atoms with van der Waals surface area (Å²) < 4.78 is 19.0. The molecule has 0 unspecified atom stereocenters. The molecule has 0 aliphatic rings. The predicted molar refractivity (Wildman–Crippen MR) is 87.1 cm³/mol. The van der Waals surface area contributed by atoms with E-state index < -0.39 is 17.8 Å². The average Bonchev–Trinajstić information content (AvgIpc) is 3.05. The van der Waals surface area contributed by atoms with Crippen LogP contribution in [0, 0.1) is 17.1 Å². The molecule has 2 N–H and O–H groups in total. The maximum absolute atomic E-state index is 13.7. The van der Waals surface area contributed by atoms with Crippen LogP contribution in [-0.2, 0) is 0 Å². The van der Waals surface area contributed by atoms with E-state index in [1.165, 1.54) is 19.2 Å². The van der Waals surface area contributed by atoms with Crippen molar-refractivity contribution in [1.29, 1.82) is 5.26 Å². The van der Waals surface area contributed by atoms with Crippen LogP contribution in [0.1, 0.15) is 22.1 Å². The third-order valence-electron chi connectivity index (χ3n) is 3.71. The number of nitriles is 1. The molecular formula is C18H14FN3O2. The van der Waals surface area contributed by atoms with Crippen molar-refractivity contribution in [3.8, 4) is 11.8 Å². The molecule has 0 aliphatic carbocycles. The number of para-hydroxylation sites is 1. The third-order valence-corrected chi connectivity index (χ3v) is 3.71. The van der Waals surface area contributed by atoms with Crippen molar-refractivity contribution >= 4 is 16.8 Å². The molecule has 1 atom stereocenters. The maximum atomic E-state index is 13.7. The number of carbonyl (C=O) groups is 1. The molecule has 1 amide bonds. The number of rotatable bonds is 4. The Morgan fingerprint density at radius 3 is 2.79 bits per heavy atom. The zero-order chi connectivity index (χ0) is 17.1. The van der Waals surface area contributed by atoms with E-state index in [0.29, 0.717) is 22.2 Å². The second-order valence-electron chi connectivity index (χ2n) is 5.16. The molecule has 0 saturated heterocycles. The van der Waals surface area contributed by atoms with Gasteiger partial charge in [0.1, 0.15) is 23.3 Å². The normalized spacial score (nSPS) is 11.7. The van der Waals surface area contributed by atoms with Crippen molar-refractivity contribution in [1.82, 2.24) is 10.3 Å². The van der Waals surface area contributed by atoms with Gasteiger partial charge in [-0.3, -0.25) is 4.79 Å². The molecule has 0 spiro atoms. The molecule has 0 saturated carbocycles. The van der Waals surface area contributed by atoms with E-state index in [2.05, 4.69) is 10.3 Å². The van der Waals surface area contributed by atoms with Crippen molar-refractivity contribution in [2.75, 3.05) is 7.11 Å². The van der Waals surface area contributed by atoms with Crippen LogP contribution in [-0.4, -0.2) is 18.0 Å². The standard InChI is InChI=1S/C18H14FN3O2/c1-24-17-8-3-2-5-11(17)16(10-20)22-18(23)15-9-12-13(19)6-4-7-14(12)21-15/h2-9,16,21H,1H3,(H,22,23)/t16-/m0/s1. The molecule has 2 aromatic carbocycles. The molecule has 1 heterocycles. The first-order valence-corrected chi connectivity index (χ1v) is 7.24. The molecule has 0 fully saturated rings. The van der Waals surface area contributed by atoms with E-state index in [9.17, 15) is 14.4 Å². The first kappa shape index (κ1) is 15.6. The van der Waals surface area contributed by atoms with Crippen LogP contribution in [0.2, 0.25) is 0 Å². The highest BCUT2D eigenvalue weighted by Gasteiger charge is 2.20. The Labute approximate surface area is 137 Å². The van der Waals surface area contributed by atoms with Crippen LogP contribution in [0.4, 0.5) is 4.39 Å². The van der Waals surface area contributed by atoms with Crippen molar-refractivity contribution in [2.24, 2.45) is 0 Å². The zero-order valence-corrected chi connectivity index (χ0v) is 12.8. The topological polar surface area (TPSA) is 77.9 Å². The highest BCUT2D eigenvalue weighted by molar-refractivity contribution is 5.98. The summed E-state index contributed by atoms with van der Waals surface area (Å²) in [6.07, 6.45) is 0. The van der Waals surface area contributed by atoms with E-state index in [-0.39, 0.29) is 5.69 Å². The minimum absolute atomic E-state index is 0.185. The summed E-state index contributed by atoms with van der Waals surface area (Å²) in [4.78, 5) is 15.3. The number of methoxy groups -OCH3 is 1. The largest absolute Gasteiger partial charge is 0.496 e. The Kier molecular flexibility index (Phi) is 4.17. The molecule has 24 heavy (non-hydrogen) atoms. The van der Waals surface area contributed by atoms with Gasteiger partial charge in [0.2, 0.25) is 0 Å². The van der Waals surface area contributed by atoms with Gasteiger partial charge in [0.05, 0.1) is 13.2 Å². The smallest absolute Gasteiger partial charge is 0.269 e. The molecule has 5 nitrogen and oxygen atoms in total. The van der Waals surface area contributed by atoms with Crippen molar-refractivity contribution < 1.29 is 13.9 Å². The fourth-order valence-electron chi connectivity index (χ4n) is 2.53. The molecule has 0 radical (unpaired) electrons. The van der Waals surface area contributed by atoms with Crippen LogP contribution in [0.5, 0.6) is 5.75 Å². The van der Waals surface area contributed by atoms with Gasteiger partial charge in [0.15, 0.2) is 0 Å². The van der Waals surface area contributed by atoms with E-state index in [0.717, 1.165) is 0 Å². The Hall–Kier alpha value is -3.33. The van der Waals surface area contributed by atoms with E-state index in [4.69, 9.17) is 4.74 Å². The summed E-state index contributed by atoms with van der Waals surface area (Å²) in [6.45, 7) is 0. The van der Waals surface area contributed by atoms with E-state index >= 15 is 0 Å². The van der Waals surface area contributed by atoms with Gasteiger partial charge in [-0.05, 0) is 24.3 Å². The minimum atomic E-state index is -0.884. The Morgan fingerprint density at radius 1 is 1.29 bits per heavy atom. The Morgan fingerprint density at radius 2 is 2.08 bits per heavy atom. The van der Waals surface area contributed by atoms with Gasteiger partial charge < -0.3 is 15.0 Å². The maximum Gasteiger partial charge on any atom is 0.269 e. The van der Waals surface area contributed by atoms with Crippen LogP contribution in [0.15, 0.2) is 48.5 Å². The summed E-state index contributed by atoms with van der Waals surface area (Å²) in [5, 5.41) is 12.3. The first-order valence-electron chi connectivity index (χ1n) is 7.24. The minimum Gasteiger partial charge on any atom is -0.496 e. The van der Waals surface area contributed by atoms with Crippen molar-refractivity contribution in [3.63, 3.8) is 0 Å². The predicted octanol–water partition coefficient (Wildman–Crippen LogP) is 3.31. The molecule has 0 aliphatic heterocycles. The number of aromatic nitrogens is 1. The molecular weight excluding hydrogens is 309 g/mol. The first-order chi connectivity index (χ1) is 11.6. The fraction of sp³-hybridized carbons (Fsp3) is 0.111. The summed E-state index contributed by atoms with van der Waals surface area (Å²) in [7, 11) is 1.50.